The Hall–Kier alpha value is -1.38. The smallest absolute Gasteiger partial charge is 0.197 e. The maximum atomic E-state index is 12.2. The number of carbonyl (C=O) groups excluding carboxylic acids is 1. The van der Waals surface area contributed by atoms with Crippen LogP contribution in [0.1, 0.15) is 31.1 Å². The molecule has 0 saturated heterocycles. The van der Waals surface area contributed by atoms with Gasteiger partial charge >= 0.3 is 0 Å². The molecule has 0 saturated carbocycles. The number of hydrogen-bond acceptors (Lipinski definition) is 2. The Morgan fingerprint density at radius 1 is 1.37 bits per heavy atom. The van der Waals surface area contributed by atoms with Crippen LogP contribution in [0.25, 0.3) is 0 Å². The first-order valence-electron chi connectivity index (χ1n) is 5.92. The lowest BCUT2D eigenvalue weighted by atomic mass is 10.0. The minimum Gasteiger partial charge on any atom is -0.288 e. The van der Waals surface area contributed by atoms with Crippen LogP contribution in [0.4, 0.5) is 0 Å². The van der Waals surface area contributed by atoms with Crippen molar-refractivity contribution in [1.29, 1.82) is 0 Å². The molecule has 0 aliphatic carbocycles. The van der Waals surface area contributed by atoms with Gasteiger partial charge in [0.15, 0.2) is 5.78 Å². The number of pyridine rings is 1. The van der Waals surface area contributed by atoms with E-state index < -0.39 is 0 Å². The van der Waals surface area contributed by atoms with Crippen LogP contribution in [0.15, 0.2) is 48.7 Å². The minimum absolute atomic E-state index is 0.105. The predicted molar refractivity (Wildman–Crippen MR) is 83.0 cm³/mol. The van der Waals surface area contributed by atoms with E-state index in [-0.39, 0.29) is 16.5 Å². The summed E-state index contributed by atoms with van der Waals surface area (Å²) in [5.41, 5.74) is 0.708. The van der Waals surface area contributed by atoms with E-state index in [2.05, 4.69) is 11.6 Å². The van der Waals surface area contributed by atoms with Crippen molar-refractivity contribution in [1.82, 2.24) is 4.98 Å². The summed E-state index contributed by atoms with van der Waals surface area (Å²) in [7, 11) is 0. The van der Waals surface area contributed by atoms with Crippen LogP contribution in [0.3, 0.4) is 0 Å². The summed E-state index contributed by atoms with van der Waals surface area (Å²) in [5.74, 6) is -0.256. The third kappa shape index (κ3) is 5.01. The summed E-state index contributed by atoms with van der Waals surface area (Å²) in [5, 5.41) is 0.398. The molecule has 0 radical (unpaired) electrons. The highest BCUT2D eigenvalue weighted by molar-refractivity contribution is 6.40. The van der Waals surface area contributed by atoms with Gasteiger partial charge in [-0.1, -0.05) is 67.9 Å². The van der Waals surface area contributed by atoms with Crippen molar-refractivity contribution in [3.05, 3.63) is 64.5 Å². The minimum atomic E-state index is -0.256. The van der Waals surface area contributed by atoms with Gasteiger partial charge in [-0.2, -0.15) is 0 Å². The Morgan fingerprint density at radius 2 is 2.00 bits per heavy atom. The number of allylic oxidation sites excluding steroid dienone is 5. The van der Waals surface area contributed by atoms with Crippen molar-refractivity contribution in [2.75, 3.05) is 0 Å². The second kappa shape index (κ2) is 9.54. The number of hydrogen-bond donors (Lipinski definition) is 0. The first-order chi connectivity index (χ1) is 9.11. The van der Waals surface area contributed by atoms with Crippen LogP contribution in [0.5, 0.6) is 0 Å². The molecule has 0 atom stereocenters. The standard InChI is InChI=1S/C13H11Cl2NO.C2H6/c1-3-5-6-9(4-2)12(17)11-10(14)7-8-16-13(11)15;1-2/h3-8H,1H2,2H3;1-2H3/b6-5-,9-4+;. The van der Waals surface area contributed by atoms with Gasteiger partial charge in [0.1, 0.15) is 5.15 Å². The maximum absolute atomic E-state index is 12.2. The average molecular weight is 298 g/mol. The van der Waals surface area contributed by atoms with Gasteiger partial charge in [0.25, 0.3) is 0 Å². The number of aromatic nitrogens is 1. The Morgan fingerprint density at radius 3 is 2.47 bits per heavy atom. The van der Waals surface area contributed by atoms with E-state index in [0.717, 1.165) is 0 Å². The number of carbonyl (C=O) groups is 1. The molecule has 19 heavy (non-hydrogen) atoms. The molecule has 102 valence electrons. The monoisotopic (exact) mass is 297 g/mol. The fourth-order valence-corrected chi connectivity index (χ4v) is 1.76. The molecule has 1 aromatic heterocycles. The fourth-order valence-electron chi connectivity index (χ4n) is 1.24. The average Bonchev–Trinajstić information content (AvgIpc) is 2.41. The molecule has 0 N–H and O–H groups in total. The number of ketones is 1. The molecule has 0 aromatic carbocycles. The molecule has 0 amide bonds. The lowest BCUT2D eigenvalue weighted by Crippen LogP contribution is -2.04. The molecular formula is C15H17Cl2NO. The van der Waals surface area contributed by atoms with Gasteiger partial charge in [-0.15, -0.1) is 0 Å². The Bertz CT molecular complexity index is 485. The van der Waals surface area contributed by atoms with E-state index in [1.807, 2.05) is 13.8 Å². The Balaban J connectivity index is 0.00000154. The Kier molecular flexibility index (Phi) is 8.84. The third-order valence-electron chi connectivity index (χ3n) is 2.07. The summed E-state index contributed by atoms with van der Waals surface area (Å²) < 4.78 is 0. The summed E-state index contributed by atoms with van der Waals surface area (Å²) in [4.78, 5) is 16.0. The molecule has 4 heteroatoms. The second-order valence-electron chi connectivity index (χ2n) is 3.13. The van der Waals surface area contributed by atoms with Gasteiger partial charge in [0.2, 0.25) is 0 Å². The van der Waals surface area contributed by atoms with Gasteiger partial charge in [-0.05, 0) is 13.0 Å². The van der Waals surface area contributed by atoms with Gasteiger partial charge < -0.3 is 0 Å². The van der Waals surface area contributed by atoms with Crippen molar-refractivity contribution in [3.63, 3.8) is 0 Å². The number of nitrogens with zero attached hydrogens (tertiary/aromatic N) is 1. The molecular weight excluding hydrogens is 281 g/mol. The number of rotatable bonds is 4. The summed E-state index contributed by atoms with van der Waals surface area (Å²) in [6.07, 6.45) is 8.04. The normalized spacial score (nSPS) is 10.9. The maximum Gasteiger partial charge on any atom is 0.197 e. The van der Waals surface area contributed by atoms with E-state index in [0.29, 0.717) is 10.6 Å². The molecule has 1 rings (SSSR count). The van der Waals surface area contributed by atoms with E-state index in [9.17, 15) is 4.79 Å². The van der Waals surface area contributed by atoms with Crippen LogP contribution < -0.4 is 0 Å². The summed E-state index contributed by atoms with van der Waals surface area (Å²) in [6.45, 7) is 9.31. The topological polar surface area (TPSA) is 30.0 Å². The SMILES string of the molecule is C=C/C=C\C(=C/C)C(=O)c1c(Cl)ccnc1Cl.CC. The molecule has 0 bridgehead atoms. The van der Waals surface area contributed by atoms with Gasteiger partial charge in [0, 0.05) is 11.8 Å². The van der Waals surface area contributed by atoms with Crippen molar-refractivity contribution < 1.29 is 4.79 Å². The van der Waals surface area contributed by atoms with E-state index in [1.165, 1.54) is 12.3 Å². The number of halogens is 2. The molecule has 1 aromatic rings. The van der Waals surface area contributed by atoms with Gasteiger partial charge in [-0.25, -0.2) is 4.98 Å². The largest absolute Gasteiger partial charge is 0.288 e. The zero-order chi connectivity index (χ0) is 14.8. The zero-order valence-corrected chi connectivity index (χ0v) is 12.8. The predicted octanol–water partition coefficient (Wildman–Crippen LogP) is 5.29. The molecule has 0 aliphatic heterocycles. The fraction of sp³-hybridized carbons (Fsp3) is 0.200. The Labute approximate surface area is 124 Å². The lowest BCUT2D eigenvalue weighted by Gasteiger charge is -2.05. The molecule has 2 nitrogen and oxygen atoms in total. The van der Waals surface area contributed by atoms with Crippen LogP contribution >= 0.6 is 23.2 Å². The van der Waals surface area contributed by atoms with E-state index in [1.54, 1.807) is 31.2 Å². The van der Waals surface area contributed by atoms with Gasteiger partial charge in [0.05, 0.1) is 10.6 Å². The molecule has 0 fully saturated rings. The highest BCUT2D eigenvalue weighted by Crippen LogP contribution is 2.25. The zero-order valence-electron chi connectivity index (χ0n) is 11.3. The van der Waals surface area contributed by atoms with E-state index in [4.69, 9.17) is 23.2 Å². The van der Waals surface area contributed by atoms with Crippen molar-refractivity contribution in [2.24, 2.45) is 0 Å². The van der Waals surface area contributed by atoms with Crippen molar-refractivity contribution in [2.45, 2.75) is 20.8 Å². The van der Waals surface area contributed by atoms with Crippen molar-refractivity contribution in [3.8, 4) is 0 Å². The van der Waals surface area contributed by atoms with Crippen LogP contribution in [-0.2, 0) is 0 Å². The second-order valence-corrected chi connectivity index (χ2v) is 3.89. The first kappa shape index (κ1) is 17.6. The molecule has 1 heterocycles. The molecule has 0 spiro atoms. The summed E-state index contributed by atoms with van der Waals surface area (Å²) >= 11 is 11.8. The first-order valence-corrected chi connectivity index (χ1v) is 6.67. The lowest BCUT2D eigenvalue weighted by molar-refractivity contribution is 0.103. The van der Waals surface area contributed by atoms with E-state index >= 15 is 0 Å². The van der Waals surface area contributed by atoms with Crippen LogP contribution in [0.2, 0.25) is 10.2 Å². The highest BCUT2D eigenvalue weighted by Gasteiger charge is 2.17. The van der Waals surface area contributed by atoms with Crippen LogP contribution in [0, 0.1) is 0 Å². The molecule has 0 unspecified atom stereocenters. The third-order valence-corrected chi connectivity index (χ3v) is 2.67. The molecule has 0 aliphatic rings. The number of Topliss-reactive ketones (excluding diaryl/α,β-unsaturated/α-hetero) is 1. The van der Waals surface area contributed by atoms with Crippen LogP contribution in [-0.4, -0.2) is 10.8 Å². The highest BCUT2D eigenvalue weighted by atomic mass is 35.5. The van der Waals surface area contributed by atoms with Gasteiger partial charge in [-0.3, -0.25) is 4.79 Å². The quantitative estimate of drug-likeness (QED) is 0.327. The summed E-state index contributed by atoms with van der Waals surface area (Å²) in [6, 6.07) is 1.53. The van der Waals surface area contributed by atoms with Crippen molar-refractivity contribution >= 4 is 29.0 Å².